The highest BCUT2D eigenvalue weighted by atomic mass is 19.3. The van der Waals surface area contributed by atoms with Crippen LogP contribution in [0.4, 0.5) is 14.5 Å². The first kappa shape index (κ1) is 22.4. The Morgan fingerprint density at radius 3 is 2.75 bits per heavy atom. The zero-order valence-corrected chi connectivity index (χ0v) is 19.3. The van der Waals surface area contributed by atoms with E-state index in [0.29, 0.717) is 48.9 Å². The molecule has 1 saturated heterocycles. The van der Waals surface area contributed by atoms with Crippen LogP contribution in [0.3, 0.4) is 0 Å². The topological polar surface area (TPSA) is 92.4 Å². The van der Waals surface area contributed by atoms with Crippen LogP contribution in [0.15, 0.2) is 54.9 Å². The van der Waals surface area contributed by atoms with Crippen molar-refractivity contribution in [3.05, 3.63) is 66.1 Å². The number of nitrogens with zero attached hydrogens (tertiary/aromatic N) is 3. The first-order chi connectivity index (χ1) is 17.4. The standard InChI is InChI=1S/C26H23F2N5O3/c27-26(28)5-6-33(15-26)14-16-9-18(13-29-12-16)17-1-3-21-20(10-17)24(32-31-21)25(34)30-19-2-4-22-23(11-19)36-8-7-35-22/h1-4,9-13H,5-8,14-15H2,(H,30,34)(H,31,32). The van der Waals surface area contributed by atoms with E-state index in [0.717, 1.165) is 22.2 Å². The number of ether oxygens (including phenoxy) is 2. The number of alkyl halides is 2. The molecular formula is C26H23F2N5O3. The number of nitrogens with one attached hydrogen (secondary N) is 2. The van der Waals surface area contributed by atoms with Gasteiger partial charge >= 0.3 is 0 Å². The largest absolute Gasteiger partial charge is 0.486 e. The molecule has 6 rings (SSSR count). The SMILES string of the molecule is O=C(Nc1ccc2c(c1)OCCO2)c1n[nH]c2ccc(-c3cncc(CN4CCC(F)(F)C4)c3)cc12. The Balaban J connectivity index is 1.24. The van der Waals surface area contributed by atoms with Crippen LogP contribution in [0, 0.1) is 0 Å². The predicted octanol–water partition coefficient (Wildman–Crippen LogP) is 4.49. The van der Waals surface area contributed by atoms with E-state index in [-0.39, 0.29) is 24.6 Å². The van der Waals surface area contributed by atoms with Crippen LogP contribution in [0.25, 0.3) is 22.0 Å². The molecule has 0 bridgehead atoms. The molecule has 184 valence electrons. The smallest absolute Gasteiger partial charge is 0.276 e. The Labute approximate surface area is 205 Å². The maximum atomic E-state index is 13.6. The van der Waals surface area contributed by atoms with Crippen molar-refractivity contribution in [1.82, 2.24) is 20.1 Å². The minimum atomic E-state index is -2.63. The van der Waals surface area contributed by atoms with Gasteiger partial charge < -0.3 is 14.8 Å². The molecule has 2 aromatic carbocycles. The number of carbonyl (C=O) groups excluding carboxylic acids is 1. The summed E-state index contributed by atoms with van der Waals surface area (Å²) in [4.78, 5) is 19.1. The number of likely N-dealkylation sites (tertiary alicyclic amines) is 1. The second-order valence-corrected chi connectivity index (χ2v) is 9.04. The molecule has 4 heterocycles. The summed E-state index contributed by atoms with van der Waals surface area (Å²) in [5.74, 6) is -1.77. The van der Waals surface area contributed by atoms with E-state index in [1.165, 1.54) is 0 Å². The van der Waals surface area contributed by atoms with Gasteiger partial charge in [-0.1, -0.05) is 6.07 Å². The Bertz CT molecular complexity index is 1450. The van der Waals surface area contributed by atoms with Gasteiger partial charge in [0.05, 0.1) is 12.1 Å². The maximum absolute atomic E-state index is 13.6. The molecule has 0 saturated carbocycles. The number of carbonyl (C=O) groups is 1. The molecule has 2 aliphatic rings. The second-order valence-electron chi connectivity index (χ2n) is 9.04. The monoisotopic (exact) mass is 491 g/mol. The number of hydrogen-bond donors (Lipinski definition) is 2. The Hall–Kier alpha value is -4.05. The van der Waals surface area contributed by atoms with Gasteiger partial charge in [-0.25, -0.2) is 8.78 Å². The fraction of sp³-hybridized carbons (Fsp3) is 0.269. The van der Waals surface area contributed by atoms with E-state index in [1.54, 1.807) is 35.5 Å². The average Bonchev–Trinajstić information content (AvgIpc) is 3.46. The number of hydrogen-bond acceptors (Lipinski definition) is 6. The van der Waals surface area contributed by atoms with Gasteiger partial charge in [0.1, 0.15) is 13.2 Å². The number of amides is 1. The normalized spacial score (nSPS) is 16.8. The third kappa shape index (κ3) is 4.47. The predicted molar refractivity (Wildman–Crippen MR) is 130 cm³/mol. The fourth-order valence-corrected chi connectivity index (χ4v) is 4.61. The third-order valence-corrected chi connectivity index (χ3v) is 6.36. The van der Waals surface area contributed by atoms with Gasteiger partial charge in [-0.05, 0) is 41.5 Å². The fourth-order valence-electron chi connectivity index (χ4n) is 4.61. The van der Waals surface area contributed by atoms with Crippen molar-refractivity contribution in [2.45, 2.75) is 18.9 Å². The van der Waals surface area contributed by atoms with E-state index >= 15 is 0 Å². The van der Waals surface area contributed by atoms with Gasteiger partial charge in [-0.3, -0.25) is 19.8 Å². The molecule has 10 heteroatoms. The highest BCUT2D eigenvalue weighted by molar-refractivity contribution is 6.11. The quantitative estimate of drug-likeness (QED) is 0.428. The van der Waals surface area contributed by atoms with Crippen molar-refractivity contribution in [1.29, 1.82) is 0 Å². The van der Waals surface area contributed by atoms with Crippen molar-refractivity contribution in [3.8, 4) is 22.6 Å². The molecule has 2 N–H and O–H groups in total. The number of halogens is 2. The number of anilines is 1. The molecule has 0 unspecified atom stereocenters. The molecule has 1 amide bonds. The lowest BCUT2D eigenvalue weighted by atomic mass is 10.0. The molecule has 0 spiro atoms. The molecule has 2 aliphatic heterocycles. The van der Waals surface area contributed by atoms with Gasteiger partial charge in [0, 0.05) is 54.6 Å². The highest BCUT2D eigenvalue weighted by Gasteiger charge is 2.37. The third-order valence-electron chi connectivity index (χ3n) is 6.36. The Morgan fingerprint density at radius 1 is 1.06 bits per heavy atom. The van der Waals surface area contributed by atoms with E-state index in [4.69, 9.17) is 9.47 Å². The zero-order chi connectivity index (χ0) is 24.7. The molecular weight excluding hydrogens is 468 g/mol. The zero-order valence-electron chi connectivity index (χ0n) is 19.3. The van der Waals surface area contributed by atoms with Crippen molar-refractivity contribution < 1.29 is 23.0 Å². The van der Waals surface area contributed by atoms with Crippen LogP contribution in [0.1, 0.15) is 22.5 Å². The summed E-state index contributed by atoms with van der Waals surface area (Å²) >= 11 is 0. The second kappa shape index (κ2) is 8.87. The number of aromatic nitrogens is 3. The summed E-state index contributed by atoms with van der Waals surface area (Å²) in [7, 11) is 0. The lowest BCUT2D eigenvalue weighted by Gasteiger charge is -2.18. The van der Waals surface area contributed by atoms with Crippen LogP contribution in [0.2, 0.25) is 0 Å². The summed E-state index contributed by atoms with van der Waals surface area (Å²) in [5, 5.41) is 10.7. The van der Waals surface area contributed by atoms with Crippen LogP contribution >= 0.6 is 0 Å². The van der Waals surface area contributed by atoms with E-state index < -0.39 is 5.92 Å². The summed E-state index contributed by atoms with van der Waals surface area (Å²) < 4.78 is 38.2. The molecule has 4 aromatic rings. The summed E-state index contributed by atoms with van der Waals surface area (Å²) in [6, 6.07) is 12.8. The molecule has 0 atom stereocenters. The van der Waals surface area contributed by atoms with Crippen molar-refractivity contribution in [2.75, 3.05) is 31.6 Å². The molecule has 1 fully saturated rings. The van der Waals surface area contributed by atoms with Crippen LogP contribution in [-0.2, 0) is 6.54 Å². The van der Waals surface area contributed by atoms with Crippen molar-refractivity contribution in [2.24, 2.45) is 0 Å². The van der Waals surface area contributed by atoms with Gasteiger partial charge in [0.25, 0.3) is 11.8 Å². The Kier molecular flexibility index (Phi) is 5.52. The number of fused-ring (bicyclic) bond motifs is 2. The van der Waals surface area contributed by atoms with E-state index in [9.17, 15) is 13.6 Å². The van der Waals surface area contributed by atoms with E-state index in [1.807, 2.05) is 24.3 Å². The van der Waals surface area contributed by atoms with Crippen molar-refractivity contribution in [3.63, 3.8) is 0 Å². The van der Waals surface area contributed by atoms with Crippen LogP contribution < -0.4 is 14.8 Å². The lowest BCUT2D eigenvalue weighted by molar-refractivity contribution is 0.0115. The molecule has 36 heavy (non-hydrogen) atoms. The average molecular weight is 491 g/mol. The van der Waals surface area contributed by atoms with Crippen LogP contribution in [0.5, 0.6) is 11.5 Å². The number of aromatic amines is 1. The van der Waals surface area contributed by atoms with Crippen LogP contribution in [-0.4, -0.2) is 58.2 Å². The minimum absolute atomic E-state index is 0.117. The first-order valence-corrected chi connectivity index (χ1v) is 11.7. The van der Waals surface area contributed by atoms with Crippen molar-refractivity contribution >= 4 is 22.5 Å². The number of benzene rings is 2. The van der Waals surface area contributed by atoms with Gasteiger partial charge in [0.2, 0.25) is 0 Å². The maximum Gasteiger partial charge on any atom is 0.276 e. The van der Waals surface area contributed by atoms with Gasteiger partial charge in [-0.2, -0.15) is 5.10 Å². The lowest BCUT2D eigenvalue weighted by Crippen LogP contribution is -2.24. The number of H-pyrrole nitrogens is 1. The summed E-state index contributed by atoms with van der Waals surface area (Å²) in [6.07, 6.45) is 3.30. The molecule has 0 radical (unpaired) electrons. The molecule has 8 nitrogen and oxygen atoms in total. The number of pyridine rings is 1. The highest BCUT2D eigenvalue weighted by Crippen LogP contribution is 2.33. The Morgan fingerprint density at radius 2 is 1.92 bits per heavy atom. The van der Waals surface area contributed by atoms with Gasteiger partial charge in [0.15, 0.2) is 17.2 Å². The summed E-state index contributed by atoms with van der Waals surface area (Å²) in [5.41, 5.74) is 4.08. The minimum Gasteiger partial charge on any atom is -0.486 e. The van der Waals surface area contributed by atoms with Gasteiger partial charge in [-0.15, -0.1) is 0 Å². The van der Waals surface area contributed by atoms with E-state index in [2.05, 4.69) is 20.5 Å². The summed E-state index contributed by atoms with van der Waals surface area (Å²) in [6.45, 7) is 1.48. The number of rotatable bonds is 5. The first-order valence-electron chi connectivity index (χ1n) is 11.7. The molecule has 0 aliphatic carbocycles. The molecule has 2 aromatic heterocycles.